The van der Waals surface area contributed by atoms with Crippen LogP contribution in [-0.2, 0) is 14.3 Å². The van der Waals surface area contributed by atoms with Crippen LogP contribution in [0.25, 0.3) is 0 Å². The molecule has 4 heteroatoms. The van der Waals surface area contributed by atoms with Gasteiger partial charge >= 0.3 is 5.97 Å². The Morgan fingerprint density at radius 1 is 1.47 bits per heavy atom. The molecule has 0 aliphatic heterocycles. The van der Waals surface area contributed by atoms with Crippen molar-refractivity contribution in [3.8, 4) is 0 Å². The second-order valence-electron chi connectivity index (χ2n) is 3.48. The van der Waals surface area contributed by atoms with Crippen LogP contribution in [0.3, 0.4) is 0 Å². The first-order chi connectivity index (χ1) is 7.15. The first-order valence-corrected chi connectivity index (χ1v) is 5.06. The minimum atomic E-state index is -0.302. The molecule has 0 radical (unpaired) electrons. The Bertz CT molecular complexity index is 305. The van der Waals surface area contributed by atoms with E-state index in [1.54, 1.807) is 7.11 Å². The van der Waals surface area contributed by atoms with E-state index in [0.717, 1.165) is 36.3 Å². The van der Waals surface area contributed by atoms with Gasteiger partial charge in [-0.3, -0.25) is 4.79 Å². The summed E-state index contributed by atoms with van der Waals surface area (Å²) in [4.78, 5) is 14.8. The number of allylic oxidation sites excluding steroid dienone is 2. The van der Waals surface area contributed by atoms with Gasteiger partial charge in [0.25, 0.3) is 0 Å². The topological polar surface area (TPSA) is 47.9 Å². The first kappa shape index (κ1) is 11.8. The molecule has 0 N–H and O–H groups in total. The Labute approximate surface area is 90.0 Å². The molecule has 0 spiro atoms. The smallest absolute Gasteiger partial charge is 0.304 e. The third-order valence-corrected chi connectivity index (χ3v) is 2.44. The maximum Gasteiger partial charge on any atom is 0.304 e. The van der Waals surface area contributed by atoms with Crippen LogP contribution in [0.2, 0.25) is 0 Å². The van der Waals surface area contributed by atoms with Gasteiger partial charge in [-0.05, 0) is 19.8 Å². The van der Waals surface area contributed by atoms with Gasteiger partial charge in [-0.25, -0.2) is 4.99 Å². The Balaban J connectivity index is 2.64. The molecule has 0 amide bonds. The molecule has 0 atom stereocenters. The van der Waals surface area contributed by atoms with Crippen molar-refractivity contribution in [2.75, 3.05) is 13.8 Å². The van der Waals surface area contributed by atoms with E-state index < -0.39 is 0 Å². The lowest BCUT2D eigenvalue weighted by atomic mass is 9.97. The van der Waals surface area contributed by atoms with Crippen LogP contribution in [0.4, 0.5) is 0 Å². The fraction of sp³-hybridized carbons (Fsp3) is 0.636. The van der Waals surface area contributed by atoms with E-state index in [1.807, 2.05) is 6.92 Å². The second kappa shape index (κ2) is 5.53. The zero-order chi connectivity index (χ0) is 11.3. The van der Waals surface area contributed by atoms with Crippen molar-refractivity contribution in [1.29, 1.82) is 0 Å². The highest BCUT2D eigenvalue weighted by atomic mass is 16.5. The van der Waals surface area contributed by atoms with Crippen LogP contribution in [0.5, 0.6) is 0 Å². The summed E-state index contributed by atoms with van der Waals surface area (Å²) in [5.41, 5.74) is 2.07. The number of methoxy groups -OCH3 is 1. The van der Waals surface area contributed by atoms with Crippen molar-refractivity contribution in [3.63, 3.8) is 0 Å². The fourth-order valence-electron chi connectivity index (χ4n) is 1.61. The van der Waals surface area contributed by atoms with Gasteiger partial charge in [0.2, 0.25) is 0 Å². The Hall–Kier alpha value is -1.32. The standard InChI is InChI=1S/C11H17NO3/c1-8-10(12-7-15-9(2)13)5-4-6-11(8)14-3/h4-7H2,1-3H3/b12-10-. The molecule has 0 bridgehead atoms. The molecule has 0 saturated heterocycles. The van der Waals surface area contributed by atoms with Crippen molar-refractivity contribution < 1.29 is 14.3 Å². The number of carbonyl (C=O) groups is 1. The Kier molecular flexibility index (Phi) is 4.34. The number of rotatable bonds is 3. The van der Waals surface area contributed by atoms with Gasteiger partial charge in [0.1, 0.15) is 5.76 Å². The van der Waals surface area contributed by atoms with Gasteiger partial charge < -0.3 is 9.47 Å². The SMILES string of the molecule is COC1=C(C)/C(=N\COC(C)=O)CCC1. The predicted molar refractivity (Wildman–Crippen MR) is 57.6 cm³/mol. The summed E-state index contributed by atoms with van der Waals surface area (Å²) in [6.45, 7) is 3.48. The molecule has 0 fully saturated rings. The summed E-state index contributed by atoms with van der Waals surface area (Å²) in [6.07, 6.45) is 2.94. The van der Waals surface area contributed by atoms with Crippen LogP contribution in [0.1, 0.15) is 33.1 Å². The second-order valence-corrected chi connectivity index (χ2v) is 3.48. The zero-order valence-corrected chi connectivity index (χ0v) is 9.50. The molecule has 0 heterocycles. The monoisotopic (exact) mass is 211 g/mol. The molecular weight excluding hydrogens is 194 g/mol. The average Bonchev–Trinajstić information content (AvgIpc) is 2.20. The number of aliphatic imine (C=N–C) groups is 1. The van der Waals surface area contributed by atoms with E-state index in [-0.39, 0.29) is 12.7 Å². The minimum Gasteiger partial charge on any atom is -0.501 e. The van der Waals surface area contributed by atoms with E-state index in [9.17, 15) is 4.79 Å². The number of carbonyl (C=O) groups excluding carboxylic acids is 1. The Morgan fingerprint density at radius 3 is 2.80 bits per heavy atom. The maximum atomic E-state index is 10.6. The van der Waals surface area contributed by atoms with Crippen LogP contribution < -0.4 is 0 Å². The van der Waals surface area contributed by atoms with Crippen LogP contribution in [0.15, 0.2) is 16.3 Å². The van der Waals surface area contributed by atoms with E-state index in [4.69, 9.17) is 9.47 Å². The largest absolute Gasteiger partial charge is 0.501 e. The molecule has 1 aliphatic rings. The van der Waals surface area contributed by atoms with Crippen LogP contribution in [0, 0.1) is 0 Å². The maximum absolute atomic E-state index is 10.6. The minimum absolute atomic E-state index is 0.110. The lowest BCUT2D eigenvalue weighted by molar-refractivity contribution is -0.140. The molecular formula is C11H17NO3. The summed E-state index contributed by atoms with van der Waals surface area (Å²) in [5.74, 6) is 0.687. The summed E-state index contributed by atoms with van der Waals surface area (Å²) in [7, 11) is 1.67. The molecule has 4 nitrogen and oxygen atoms in total. The van der Waals surface area contributed by atoms with E-state index in [0.29, 0.717) is 0 Å². The number of ether oxygens (including phenoxy) is 2. The molecule has 84 valence electrons. The lowest BCUT2D eigenvalue weighted by Gasteiger charge is -2.18. The van der Waals surface area contributed by atoms with Gasteiger partial charge in [-0.15, -0.1) is 0 Å². The summed E-state index contributed by atoms with van der Waals surface area (Å²) in [6, 6.07) is 0. The van der Waals surface area contributed by atoms with Gasteiger partial charge in [0.15, 0.2) is 6.73 Å². The zero-order valence-electron chi connectivity index (χ0n) is 9.50. The van der Waals surface area contributed by atoms with Crippen LogP contribution in [-0.4, -0.2) is 25.5 Å². The molecule has 0 saturated carbocycles. The molecule has 1 rings (SSSR count). The normalized spacial score (nSPS) is 19.3. The molecule has 1 aliphatic carbocycles. The van der Waals surface area contributed by atoms with E-state index >= 15 is 0 Å². The third-order valence-electron chi connectivity index (χ3n) is 2.44. The van der Waals surface area contributed by atoms with E-state index in [1.165, 1.54) is 6.92 Å². The fourth-order valence-corrected chi connectivity index (χ4v) is 1.61. The number of esters is 1. The van der Waals surface area contributed by atoms with Gasteiger partial charge in [0.05, 0.1) is 7.11 Å². The van der Waals surface area contributed by atoms with Crippen molar-refractivity contribution in [3.05, 3.63) is 11.3 Å². The number of hydrogen-bond donors (Lipinski definition) is 0. The van der Waals surface area contributed by atoms with Gasteiger partial charge in [0, 0.05) is 24.6 Å². The average molecular weight is 211 g/mol. The third kappa shape index (κ3) is 3.38. The van der Waals surface area contributed by atoms with Crippen molar-refractivity contribution in [2.24, 2.45) is 4.99 Å². The van der Waals surface area contributed by atoms with Gasteiger partial charge in [-0.2, -0.15) is 0 Å². The van der Waals surface area contributed by atoms with Crippen molar-refractivity contribution in [1.82, 2.24) is 0 Å². The molecule has 0 aromatic heterocycles. The molecule has 0 aromatic carbocycles. The first-order valence-electron chi connectivity index (χ1n) is 5.06. The van der Waals surface area contributed by atoms with Gasteiger partial charge in [-0.1, -0.05) is 0 Å². The summed E-state index contributed by atoms with van der Waals surface area (Å²) in [5, 5.41) is 0. The highest BCUT2D eigenvalue weighted by Gasteiger charge is 2.15. The number of hydrogen-bond acceptors (Lipinski definition) is 4. The van der Waals surface area contributed by atoms with E-state index in [2.05, 4.69) is 4.99 Å². The molecule has 0 unspecified atom stereocenters. The highest BCUT2D eigenvalue weighted by molar-refractivity contribution is 6.00. The predicted octanol–water partition coefficient (Wildman–Crippen LogP) is 2.05. The summed E-state index contributed by atoms with van der Waals surface area (Å²) >= 11 is 0. The summed E-state index contributed by atoms with van der Waals surface area (Å²) < 4.78 is 10.0. The highest BCUT2D eigenvalue weighted by Crippen LogP contribution is 2.22. The number of nitrogens with zero attached hydrogens (tertiary/aromatic N) is 1. The van der Waals surface area contributed by atoms with Crippen LogP contribution >= 0.6 is 0 Å². The lowest BCUT2D eigenvalue weighted by Crippen LogP contribution is -2.12. The quantitative estimate of drug-likeness (QED) is 0.671. The Morgan fingerprint density at radius 2 is 2.20 bits per heavy atom. The van der Waals surface area contributed by atoms with Crippen molar-refractivity contribution >= 4 is 11.7 Å². The molecule has 15 heavy (non-hydrogen) atoms. The molecule has 0 aromatic rings. The van der Waals surface area contributed by atoms with Crippen molar-refractivity contribution in [2.45, 2.75) is 33.1 Å².